The lowest BCUT2D eigenvalue weighted by molar-refractivity contribution is -0.174. The van der Waals surface area contributed by atoms with Gasteiger partial charge in [0, 0.05) is 18.8 Å². The van der Waals surface area contributed by atoms with Gasteiger partial charge in [0.15, 0.2) is 5.60 Å². The van der Waals surface area contributed by atoms with Crippen LogP contribution in [0.15, 0.2) is 12.7 Å². The van der Waals surface area contributed by atoms with Gasteiger partial charge in [-0.15, -0.1) is 0 Å². The molecule has 4 rings (SSSR count). The van der Waals surface area contributed by atoms with Crippen LogP contribution in [0.25, 0.3) is 0 Å². The summed E-state index contributed by atoms with van der Waals surface area (Å²) in [6.45, 7) is 13.7. The van der Waals surface area contributed by atoms with Gasteiger partial charge in [-0.3, -0.25) is 9.59 Å². The zero-order valence-corrected chi connectivity index (χ0v) is 17.2. The topological polar surface area (TPSA) is 65.1 Å². The van der Waals surface area contributed by atoms with Crippen molar-refractivity contribution < 1.29 is 23.8 Å². The zero-order chi connectivity index (χ0) is 19.8. The molecular weight excluding hydrogens is 344 g/mol. The number of epoxide rings is 1. The first-order chi connectivity index (χ1) is 12.5. The molecule has 150 valence electrons. The largest absolute Gasteiger partial charge is 0.457 e. The second-order valence-electron chi connectivity index (χ2n) is 9.82. The Bertz CT molecular complexity index is 703. The van der Waals surface area contributed by atoms with Crippen molar-refractivity contribution in [2.24, 2.45) is 22.7 Å². The monoisotopic (exact) mass is 376 g/mol. The number of rotatable bonds is 3. The molecule has 5 heteroatoms. The van der Waals surface area contributed by atoms with E-state index >= 15 is 0 Å². The summed E-state index contributed by atoms with van der Waals surface area (Å²) >= 11 is 0. The van der Waals surface area contributed by atoms with Gasteiger partial charge >= 0.3 is 11.9 Å². The molecule has 0 N–H and O–H groups in total. The van der Waals surface area contributed by atoms with E-state index in [1.165, 1.54) is 6.92 Å². The molecule has 2 saturated heterocycles. The van der Waals surface area contributed by atoms with Crippen LogP contribution in [-0.2, 0) is 23.8 Å². The molecule has 4 fully saturated rings. The zero-order valence-electron chi connectivity index (χ0n) is 17.2. The van der Waals surface area contributed by atoms with Gasteiger partial charge in [-0.25, -0.2) is 0 Å². The predicted molar refractivity (Wildman–Crippen MR) is 99.8 cm³/mol. The summed E-state index contributed by atoms with van der Waals surface area (Å²) < 4.78 is 17.6. The third kappa shape index (κ3) is 2.27. The van der Waals surface area contributed by atoms with Crippen LogP contribution in [0.1, 0.15) is 66.7 Å². The highest BCUT2D eigenvalue weighted by atomic mass is 16.6. The van der Waals surface area contributed by atoms with Crippen molar-refractivity contribution in [2.45, 2.75) is 90.1 Å². The molecule has 0 radical (unpaired) electrons. The standard InChI is InChI=1S/C22H32O5/c1-7-20(5,26-14(3)23)17-12-22(18(24)25-17)13(2)10-11-19(4)15(22)8-9-16-21(19,6)27-16/h7,13,15-17H,1,8-12H2,2-6H3/t13-,15+,16-,17?,19-,20?,21-,22-/m1/s1. The van der Waals surface area contributed by atoms with Crippen molar-refractivity contribution >= 4 is 11.9 Å². The smallest absolute Gasteiger partial charge is 0.313 e. The molecule has 2 saturated carbocycles. The Labute approximate surface area is 161 Å². The Kier molecular flexibility index (Phi) is 3.93. The quantitative estimate of drug-likeness (QED) is 0.426. The first-order valence-corrected chi connectivity index (χ1v) is 10.3. The molecule has 8 atom stereocenters. The fourth-order valence-electron chi connectivity index (χ4n) is 6.67. The van der Waals surface area contributed by atoms with Gasteiger partial charge in [0.05, 0.1) is 17.1 Å². The van der Waals surface area contributed by atoms with Gasteiger partial charge in [0.25, 0.3) is 0 Å². The molecule has 2 unspecified atom stereocenters. The maximum Gasteiger partial charge on any atom is 0.313 e. The Morgan fingerprint density at radius 3 is 2.67 bits per heavy atom. The minimum Gasteiger partial charge on any atom is -0.457 e. The Morgan fingerprint density at radius 2 is 2.04 bits per heavy atom. The highest BCUT2D eigenvalue weighted by Crippen LogP contribution is 2.71. The summed E-state index contributed by atoms with van der Waals surface area (Å²) in [6.07, 6.45) is 6.06. The number of hydrogen-bond acceptors (Lipinski definition) is 5. The van der Waals surface area contributed by atoms with Crippen molar-refractivity contribution in [3.05, 3.63) is 12.7 Å². The van der Waals surface area contributed by atoms with Crippen LogP contribution in [-0.4, -0.2) is 35.3 Å². The first-order valence-electron chi connectivity index (χ1n) is 10.3. The molecule has 4 aliphatic rings. The average molecular weight is 376 g/mol. The fraction of sp³-hybridized carbons (Fsp3) is 0.818. The lowest BCUT2D eigenvalue weighted by atomic mass is 9.44. The van der Waals surface area contributed by atoms with E-state index in [1.807, 2.05) is 0 Å². The lowest BCUT2D eigenvalue weighted by Gasteiger charge is -2.57. The summed E-state index contributed by atoms with van der Waals surface area (Å²) in [4.78, 5) is 25.0. The molecule has 2 heterocycles. The van der Waals surface area contributed by atoms with Crippen molar-refractivity contribution in [1.82, 2.24) is 0 Å². The Balaban J connectivity index is 1.72. The highest BCUT2D eigenvalue weighted by molar-refractivity contribution is 5.81. The van der Waals surface area contributed by atoms with Crippen molar-refractivity contribution in [1.29, 1.82) is 0 Å². The number of esters is 2. The van der Waals surface area contributed by atoms with Crippen LogP contribution < -0.4 is 0 Å². The van der Waals surface area contributed by atoms with E-state index < -0.39 is 23.1 Å². The summed E-state index contributed by atoms with van der Waals surface area (Å²) in [5, 5.41) is 0. The van der Waals surface area contributed by atoms with Gasteiger partial charge < -0.3 is 14.2 Å². The Morgan fingerprint density at radius 1 is 1.33 bits per heavy atom. The Hall–Kier alpha value is -1.36. The number of ether oxygens (including phenoxy) is 3. The molecular formula is C22H32O5. The number of fused-ring (bicyclic) bond motifs is 4. The summed E-state index contributed by atoms with van der Waals surface area (Å²) in [5.74, 6) is -0.0612. The van der Waals surface area contributed by atoms with Crippen molar-refractivity contribution in [3.63, 3.8) is 0 Å². The van der Waals surface area contributed by atoms with Gasteiger partial charge in [-0.1, -0.05) is 20.4 Å². The first kappa shape index (κ1) is 19.0. The van der Waals surface area contributed by atoms with E-state index in [0.29, 0.717) is 12.5 Å². The predicted octanol–water partition coefficient (Wildman–Crippen LogP) is 3.80. The fourth-order valence-corrected chi connectivity index (χ4v) is 6.67. The van der Waals surface area contributed by atoms with Crippen LogP contribution in [0.2, 0.25) is 0 Å². The van der Waals surface area contributed by atoms with Crippen LogP contribution >= 0.6 is 0 Å². The molecule has 27 heavy (non-hydrogen) atoms. The van der Waals surface area contributed by atoms with Gasteiger partial charge in [-0.05, 0) is 57.4 Å². The molecule has 2 aliphatic heterocycles. The molecule has 0 aromatic heterocycles. The molecule has 0 amide bonds. The SMILES string of the molecule is C=CC(C)(OC(C)=O)C1C[C@@]2(C(=O)O1)[C@H](C)CC[C@]1(C)[C@@H]2CC[C@H]2O[C@]21C. The van der Waals surface area contributed by atoms with Gasteiger partial charge in [0.2, 0.25) is 0 Å². The van der Waals surface area contributed by atoms with Gasteiger partial charge in [0.1, 0.15) is 6.10 Å². The summed E-state index contributed by atoms with van der Waals surface area (Å²) in [7, 11) is 0. The molecule has 1 spiro atoms. The third-order valence-corrected chi connectivity index (χ3v) is 8.72. The van der Waals surface area contributed by atoms with E-state index in [9.17, 15) is 9.59 Å². The molecule has 0 aromatic carbocycles. The van der Waals surface area contributed by atoms with Crippen LogP contribution in [0.5, 0.6) is 0 Å². The average Bonchev–Trinajstić information content (AvgIpc) is 3.17. The minimum absolute atomic E-state index is 0.0254. The van der Waals surface area contributed by atoms with Crippen molar-refractivity contribution in [2.75, 3.05) is 0 Å². The van der Waals surface area contributed by atoms with E-state index in [4.69, 9.17) is 14.2 Å². The molecule has 2 aliphatic carbocycles. The van der Waals surface area contributed by atoms with Crippen molar-refractivity contribution in [3.8, 4) is 0 Å². The second kappa shape index (κ2) is 5.59. The van der Waals surface area contributed by atoms with E-state index in [1.54, 1.807) is 13.0 Å². The number of carbonyl (C=O) groups is 2. The maximum atomic E-state index is 13.4. The number of carbonyl (C=O) groups excluding carboxylic acids is 2. The number of hydrogen-bond donors (Lipinski definition) is 0. The molecule has 0 bridgehead atoms. The molecule has 0 aromatic rings. The number of cyclic esters (lactones) is 1. The van der Waals surface area contributed by atoms with Gasteiger partial charge in [-0.2, -0.15) is 0 Å². The normalized spacial score (nSPS) is 50.2. The van der Waals surface area contributed by atoms with E-state index in [0.717, 1.165) is 25.7 Å². The van der Waals surface area contributed by atoms with E-state index in [-0.39, 0.29) is 28.8 Å². The second-order valence-corrected chi connectivity index (χ2v) is 9.82. The summed E-state index contributed by atoms with van der Waals surface area (Å²) in [6, 6.07) is 0. The maximum absolute atomic E-state index is 13.4. The third-order valence-electron chi connectivity index (χ3n) is 8.72. The minimum atomic E-state index is -1.00. The van der Waals surface area contributed by atoms with Crippen LogP contribution in [0, 0.1) is 22.7 Å². The van der Waals surface area contributed by atoms with Crippen LogP contribution in [0.4, 0.5) is 0 Å². The highest BCUT2D eigenvalue weighted by Gasteiger charge is 2.75. The van der Waals surface area contributed by atoms with E-state index in [2.05, 4.69) is 27.4 Å². The lowest BCUT2D eigenvalue weighted by Crippen LogP contribution is -2.59. The molecule has 5 nitrogen and oxygen atoms in total. The summed E-state index contributed by atoms with van der Waals surface area (Å²) in [5.41, 5.74) is -1.70. The van der Waals surface area contributed by atoms with Crippen LogP contribution in [0.3, 0.4) is 0 Å².